The number of carbonyl (C=O) groups is 1. The molecule has 1 N–H and O–H groups in total. The fourth-order valence-electron chi connectivity index (χ4n) is 1.73. The predicted octanol–water partition coefficient (Wildman–Crippen LogP) is 1.55. The van der Waals surface area contributed by atoms with E-state index in [-0.39, 0.29) is 11.2 Å². The van der Waals surface area contributed by atoms with Crippen LogP contribution < -0.4 is 5.32 Å². The smallest absolute Gasteiger partial charge is 0.224 e. The third-order valence-electron chi connectivity index (χ3n) is 2.71. The molecule has 2 rings (SSSR count). The maximum atomic E-state index is 11.9. The van der Waals surface area contributed by atoms with Crippen LogP contribution in [-0.4, -0.2) is 53.6 Å². The molecule has 6 nitrogen and oxygen atoms in total. The summed E-state index contributed by atoms with van der Waals surface area (Å²) in [6.07, 6.45) is 1.98. The van der Waals surface area contributed by atoms with Gasteiger partial charge in [-0.3, -0.25) is 4.79 Å². The first kappa shape index (κ1) is 14.5. The molecule has 8 heteroatoms. The number of nitrogens with one attached hydrogen (secondary N) is 1. The normalized spacial score (nSPS) is 15.4. The number of rotatable bonds is 4. The summed E-state index contributed by atoms with van der Waals surface area (Å²) >= 11 is 9.02. The minimum absolute atomic E-state index is 0.118. The molecule has 1 amide bonds. The molecule has 0 spiro atoms. The van der Waals surface area contributed by atoms with Gasteiger partial charge in [0.25, 0.3) is 0 Å². The lowest BCUT2D eigenvalue weighted by Gasteiger charge is -2.26. The summed E-state index contributed by atoms with van der Waals surface area (Å²) in [4.78, 5) is 21.6. The van der Waals surface area contributed by atoms with E-state index in [2.05, 4.69) is 31.2 Å². The maximum Gasteiger partial charge on any atom is 0.224 e. The van der Waals surface area contributed by atoms with Gasteiger partial charge in [0.1, 0.15) is 5.82 Å². The van der Waals surface area contributed by atoms with Gasteiger partial charge in [0.15, 0.2) is 0 Å². The minimum atomic E-state index is 0.118. The molecule has 0 unspecified atom stereocenters. The number of amides is 1. The van der Waals surface area contributed by atoms with Gasteiger partial charge in [-0.25, -0.2) is 4.98 Å². The van der Waals surface area contributed by atoms with Gasteiger partial charge >= 0.3 is 0 Å². The number of aromatic nitrogens is 2. The van der Waals surface area contributed by atoms with E-state index < -0.39 is 0 Å². The molecular formula is C11H14BrClN4O2. The molecule has 104 valence electrons. The summed E-state index contributed by atoms with van der Waals surface area (Å²) < 4.78 is 5.92. The van der Waals surface area contributed by atoms with E-state index in [1.54, 1.807) is 6.20 Å². The predicted molar refractivity (Wildman–Crippen MR) is 75.2 cm³/mol. The molecule has 0 aromatic carbocycles. The van der Waals surface area contributed by atoms with E-state index in [0.717, 1.165) is 4.47 Å². The Labute approximate surface area is 124 Å². The van der Waals surface area contributed by atoms with Crippen molar-refractivity contribution in [1.82, 2.24) is 14.9 Å². The Balaban J connectivity index is 1.79. The Kier molecular flexibility index (Phi) is 5.35. The summed E-state index contributed by atoms with van der Waals surface area (Å²) in [7, 11) is 0. The number of anilines is 1. The molecule has 0 atom stereocenters. The van der Waals surface area contributed by atoms with Crippen molar-refractivity contribution in [3.8, 4) is 0 Å². The van der Waals surface area contributed by atoms with E-state index >= 15 is 0 Å². The van der Waals surface area contributed by atoms with Crippen LogP contribution in [0.3, 0.4) is 0 Å². The first-order valence-corrected chi connectivity index (χ1v) is 7.11. The Morgan fingerprint density at radius 1 is 1.53 bits per heavy atom. The van der Waals surface area contributed by atoms with E-state index in [0.29, 0.717) is 45.1 Å². The van der Waals surface area contributed by atoms with Crippen LogP contribution in [0, 0.1) is 0 Å². The Hall–Kier alpha value is -0.920. The lowest BCUT2D eigenvalue weighted by Crippen LogP contribution is -2.41. The first-order chi connectivity index (χ1) is 9.16. The zero-order chi connectivity index (χ0) is 13.7. The number of nitrogens with zero attached hydrogens (tertiary/aromatic N) is 3. The third-order valence-corrected chi connectivity index (χ3v) is 3.47. The third kappa shape index (κ3) is 4.29. The van der Waals surface area contributed by atoms with Crippen molar-refractivity contribution < 1.29 is 9.53 Å². The second-order valence-corrected chi connectivity index (χ2v) is 5.20. The van der Waals surface area contributed by atoms with Gasteiger partial charge in [0.2, 0.25) is 11.2 Å². The molecule has 0 bridgehead atoms. The molecule has 1 aromatic rings. The van der Waals surface area contributed by atoms with E-state index in [4.69, 9.17) is 16.3 Å². The number of hydrogen-bond donors (Lipinski definition) is 1. The van der Waals surface area contributed by atoms with Crippen LogP contribution in [0.2, 0.25) is 5.28 Å². The molecule has 0 radical (unpaired) electrons. The van der Waals surface area contributed by atoms with Crippen LogP contribution in [0.15, 0.2) is 10.7 Å². The quantitative estimate of drug-likeness (QED) is 0.836. The van der Waals surface area contributed by atoms with Gasteiger partial charge < -0.3 is 15.0 Å². The van der Waals surface area contributed by atoms with Crippen LogP contribution in [-0.2, 0) is 9.53 Å². The van der Waals surface area contributed by atoms with Gasteiger partial charge in [-0.2, -0.15) is 4.98 Å². The number of hydrogen-bond acceptors (Lipinski definition) is 5. The summed E-state index contributed by atoms with van der Waals surface area (Å²) in [5, 5.41) is 3.23. The number of halogens is 2. The lowest BCUT2D eigenvalue weighted by molar-refractivity contribution is -0.134. The number of carbonyl (C=O) groups excluding carboxylic acids is 1. The monoisotopic (exact) mass is 348 g/mol. The molecule has 19 heavy (non-hydrogen) atoms. The van der Waals surface area contributed by atoms with Crippen LogP contribution in [0.5, 0.6) is 0 Å². The van der Waals surface area contributed by atoms with Crippen LogP contribution in [0.25, 0.3) is 0 Å². The molecule has 1 aliphatic rings. The first-order valence-electron chi connectivity index (χ1n) is 5.94. The summed E-state index contributed by atoms with van der Waals surface area (Å²) in [5.74, 6) is 0.710. The fraction of sp³-hybridized carbons (Fsp3) is 0.545. The van der Waals surface area contributed by atoms with Gasteiger partial charge in [0, 0.05) is 32.3 Å². The fourth-order valence-corrected chi connectivity index (χ4v) is 2.19. The Bertz CT molecular complexity index is 454. The summed E-state index contributed by atoms with van der Waals surface area (Å²) in [6.45, 7) is 3.07. The average molecular weight is 350 g/mol. The van der Waals surface area contributed by atoms with Crippen molar-refractivity contribution in [1.29, 1.82) is 0 Å². The maximum absolute atomic E-state index is 11.9. The zero-order valence-electron chi connectivity index (χ0n) is 10.2. The van der Waals surface area contributed by atoms with Crippen LogP contribution in [0.1, 0.15) is 6.42 Å². The lowest BCUT2D eigenvalue weighted by atomic mass is 10.3. The number of ether oxygens (including phenoxy) is 1. The number of morpholine rings is 1. The molecule has 1 aliphatic heterocycles. The molecular weight excluding hydrogens is 336 g/mol. The van der Waals surface area contributed by atoms with Crippen molar-refractivity contribution in [3.05, 3.63) is 16.0 Å². The molecule has 0 saturated carbocycles. The molecule has 0 aliphatic carbocycles. The van der Waals surface area contributed by atoms with Gasteiger partial charge in [-0.15, -0.1) is 0 Å². The van der Waals surface area contributed by atoms with Gasteiger partial charge in [0.05, 0.1) is 17.7 Å². The minimum Gasteiger partial charge on any atom is -0.378 e. The van der Waals surface area contributed by atoms with Crippen molar-refractivity contribution in [2.24, 2.45) is 0 Å². The standard InChI is InChI=1S/C11H14BrClN4O2/c12-8-7-15-11(13)16-10(8)14-2-1-9(18)17-3-5-19-6-4-17/h7H,1-6H2,(H,14,15,16). The Morgan fingerprint density at radius 3 is 3.00 bits per heavy atom. The van der Waals surface area contributed by atoms with Gasteiger partial charge in [-0.1, -0.05) is 0 Å². The SMILES string of the molecule is O=C(CCNc1nc(Cl)ncc1Br)N1CCOCC1. The van der Waals surface area contributed by atoms with Crippen LogP contribution >= 0.6 is 27.5 Å². The van der Waals surface area contributed by atoms with E-state index in [1.165, 1.54) is 0 Å². The molecule has 2 heterocycles. The summed E-state index contributed by atoms with van der Waals surface area (Å²) in [6, 6.07) is 0. The van der Waals surface area contributed by atoms with Crippen LogP contribution in [0.4, 0.5) is 5.82 Å². The van der Waals surface area contributed by atoms with Gasteiger partial charge in [-0.05, 0) is 27.5 Å². The van der Waals surface area contributed by atoms with Crippen molar-refractivity contribution in [2.75, 3.05) is 38.2 Å². The highest BCUT2D eigenvalue weighted by molar-refractivity contribution is 9.10. The topological polar surface area (TPSA) is 67.4 Å². The van der Waals surface area contributed by atoms with E-state index in [1.807, 2.05) is 4.90 Å². The average Bonchev–Trinajstić information content (AvgIpc) is 2.43. The van der Waals surface area contributed by atoms with Crippen molar-refractivity contribution >= 4 is 39.3 Å². The summed E-state index contributed by atoms with van der Waals surface area (Å²) in [5.41, 5.74) is 0. The highest BCUT2D eigenvalue weighted by atomic mass is 79.9. The van der Waals surface area contributed by atoms with Crippen molar-refractivity contribution in [2.45, 2.75) is 6.42 Å². The molecule has 1 aromatic heterocycles. The molecule has 1 saturated heterocycles. The second kappa shape index (κ2) is 7.02. The largest absolute Gasteiger partial charge is 0.378 e. The van der Waals surface area contributed by atoms with Crippen molar-refractivity contribution in [3.63, 3.8) is 0 Å². The van der Waals surface area contributed by atoms with E-state index in [9.17, 15) is 4.79 Å². The zero-order valence-corrected chi connectivity index (χ0v) is 12.6. The second-order valence-electron chi connectivity index (χ2n) is 4.01. The highest BCUT2D eigenvalue weighted by Crippen LogP contribution is 2.19. The Morgan fingerprint density at radius 2 is 2.26 bits per heavy atom. The molecule has 1 fully saturated rings. The highest BCUT2D eigenvalue weighted by Gasteiger charge is 2.16.